The molecule has 1 N–H and O–H groups in total. The zero-order valence-electron chi connectivity index (χ0n) is 13.1. The number of rotatable bonds is 7. The second-order valence-electron chi connectivity index (χ2n) is 6.34. The summed E-state index contributed by atoms with van der Waals surface area (Å²) >= 11 is 0. The number of hydrogen-bond donors (Lipinski definition) is 1. The van der Waals surface area contributed by atoms with Gasteiger partial charge in [-0.15, -0.1) is 0 Å². The van der Waals surface area contributed by atoms with Crippen LogP contribution in [0.1, 0.15) is 34.6 Å². The van der Waals surface area contributed by atoms with Crippen LogP contribution < -0.4 is 5.32 Å². The second-order valence-corrected chi connectivity index (χ2v) is 6.34. The second kappa shape index (κ2) is 7.85. The predicted molar refractivity (Wildman–Crippen MR) is 78.0 cm³/mol. The zero-order chi connectivity index (χ0) is 14.4. The number of amides is 1. The number of nitrogens with one attached hydrogen (secondary N) is 1. The van der Waals surface area contributed by atoms with Crippen LogP contribution in [0.4, 0.5) is 0 Å². The van der Waals surface area contributed by atoms with E-state index in [0.717, 1.165) is 19.6 Å². The number of carbonyl (C=O) groups excluding carboxylic acids is 1. The summed E-state index contributed by atoms with van der Waals surface area (Å²) in [4.78, 5) is 14.7. The van der Waals surface area contributed by atoms with Crippen LogP contribution in [0.15, 0.2) is 0 Å². The lowest BCUT2D eigenvalue weighted by molar-refractivity contribution is -0.137. The molecule has 1 fully saturated rings. The first-order chi connectivity index (χ1) is 8.95. The molecule has 0 spiro atoms. The normalized spacial score (nSPS) is 23.3. The quantitative estimate of drug-likeness (QED) is 0.766. The maximum atomic E-state index is 12.7. The van der Waals surface area contributed by atoms with Crippen molar-refractivity contribution in [2.75, 3.05) is 32.8 Å². The Kier molecular flexibility index (Phi) is 6.80. The molecule has 1 rings (SSSR count). The SMILES string of the molecule is CCNC1COCC1C(=O)N(CC(C)C)CC(C)C. The van der Waals surface area contributed by atoms with Crippen molar-refractivity contribution in [1.29, 1.82) is 0 Å². The fraction of sp³-hybridized carbons (Fsp3) is 0.933. The van der Waals surface area contributed by atoms with Gasteiger partial charge in [-0.2, -0.15) is 0 Å². The average Bonchev–Trinajstić information content (AvgIpc) is 2.74. The van der Waals surface area contributed by atoms with E-state index in [9.17, 15) is 4.79 Å². The van der Waals surface area contributed by atoms with E-state index < -0.39 is 0 Å². The smallest absolute Gasteiger partial charge is 0.229 e. The Morgan fingerprint density at radius 2 is 1.79 bits per heavy atom. The predicted octanol–water partition coefficient (Wildman–Crippen LogP) is 1.75. The minimum Gasteiger partial charge on any atom is -0.379 e. The van der Waals surface area contributed by atoms with Gasteiger partial charge in [0.15, 0.2) is 0 Å². The van der Waals surface area contributed by atoms with Crippen molar-refractivity contribution in [2.24, 2.45) is 17.8 Å². The fourth-order valence-corrected chi connectivity index (χ4v) is 2.63. The molecule has 1 saturated heterocycles. The van der Waals surface area contributed by atoms with Crippen molar-refractivity contribution >= 4 is 5.91 Å². The van der Waals surface area contributed by atoms with Crippen LogP contribution in [-0.2, 0) is 9.53 Å². The minimum atomic E-state index is -0.0163. The monoisotopic (exact) mass is 270 g/mol. The van der Waals surface area contributed by atoms with Gasteiger partial charge in [-0.25, -0.2) is 0 Å². The Balaban J connectivity index is 2.68. The maximum Gasteiger partial charge on any atom is 0.229 e. The van der Waals surface area contributed by atoms with E-state index in [0.29, 0.717) is 25.0 Å². The maximum absolute atomic E-state index is 12.7. The highest BCUT2D eigenvalue weighted by Crippen LogP contribution is 2.18. The lowest BCUT2D eigenvalue weighted by Gasteiger charge is -2.30. The zero-order valence-corrected chi connectivity index (χ0v) is 13.1. The van der Waals surface area contributed by atoms with E-state index in [4.69, 9.17) is 4.74 Å². The fourth-order valence-electron chi connectivity index (χ4n) is 2.63. The van der Waals surface area contributed by atoms with E-state index in [-0.39, 0.29) is 17.9 Å². The molecule has 2 unspecified atom stereocenters. The lowest BCUT2D eigenvalue weighted by Crippen LogP contribution is -2.47. The number of likely N-dealkylation sites (N-methyl/N-ethyl adjacent to an activating group) is 1. The first-order valence-electron chi connectivity index (χ1n) is 7.55. The molecule has 1 amide bonds. The Morgan fingerprint density at radius 1 is 1.21 bits per heavy atom. The van der Waals surface area contributed by atoms with Crippen molar-refractivity contribution in [2.45, 2.75) is 40.7 Å². The van der Waals surface area contributed by atoms with Crippen molar-refractivity contribution in [3.05, 3.63) is 0 Å². The minimum absolute atomic E-state index is 0.0163. The highest BCUT2D eigenvalue weighted by atomic mass is 16.5. The molecule has 112 valence electrons. The largest absolute Gasteiger partial charge is 0.379 e. The Bertz CT molecular complexity index is 269. The molecule has 0 aromatic carbocycles. The van der Waals surface area contributed by atoms with Gasteiger partial charge in [-0.05, 0) is 18.4 Å². The van der Waals surface area contributed by atoms with E-state index >= 15 is 0 Å². The summed E-state index contributed by atoms with van der Waals surface area (Å²) < 4.78 is 5.49. The summed E-state index contributed by atoms with van der Waals surface area (Å²) in [5.74, 6) is 1.24. The average molecular weight is 270 g/mol. The number of nitrogens with zero attached hydrogens (tertiary/aromatic N) is 1. The van der Waals surface area contributed by atoms with Crippen molar-refractivity contribution < 1.29 is 9.53 Å². The van der Waals surface area contributed by atoms with E-state index in [1.807, 2.05) is 4.90 Å². The number of hydrogen-bond acceptors (Lipinski definition) is 3. The first-order valence-corrected chi connectivity index (χ1v) is 7.55. The van der Waals surface area contributed by atoms with Gasteiger partial charge in [0.05, 0.1) is 19.1 Å². The van der Waals surface area contributed by atoms with Gasteiger partial charge in [0.2, 0.25) is 5.91 Å². The van der Waals surface area contributed by atoms with Gasteiger partial charge in [0, 0.05) is 19.1 Å². The molecule has 4 heteroatoms. The summed E-state index contributed by atoms with van der Waals surface area (Å²) in [6.07, 6.45) is 0. The Morgan fingerprint density at radius 3 is 2.26 bits per heavy atom. The van der Waals surface area contributed by atoms with Crippen LogP contribution in [0.2, 0.25) is 0 Å². The summed E-state index contributed by atoms with van der Waals surface area (Å²) in [7, 11) is 0. The summed E-state index contributed by atoms with van der Waals surface area (Å²) in [6.45, 7) is 14.5. The molecule has 1 aliphatic rings. The van der Waals surface area contributed by atoms with Crippen LogP contribution in [0.3, 0.4) is 0 Å². The van der Waals surface area contributed by atoms with Crippen LogP contribution in [0, 0.1) is 17.8 Å². The van der Waals surface area contributed by atoms with Crippen molar-refractivity contribution in [3.63, 3.8) is 0 Å². The molecule has 0 aliphatic carbocycles. The van der Waals surface area contributed by atoms with E-state index in [1.165, 1.54) is 0 Å². The van der Waals surface area contributed by atoms with E-state index in [2.05, 4.69) is 39.9 Å². The highest BCUT2D eigenvalue weighted by Gasteiger charge is 2.36. The van der Waals surface area contributed by atoms with Crippen LogP contribution >= 0.6 is 0 Å². The summed E-state index contributed by atoms with van der Waals surface area (Å²) in [5.41, 5.74) is 0. The molecular formula is C15H30N2O2. The van der Waals surface area contributed by atoms with Gasteiger partial charge in [-0.3, -0.25) is 4.79 Å². The van der Waals surface area contributed by atoms with Crippen LogP contribution in [0.25, 0.3) is 0 Å². The molecule has 4 nitrogen and oxygen atoms in total. The molecule has 0 aromatic heterocycles. The molecule has 0 radical (unpaired) electrons. The molecule has 0 bridgehead atoms. The topological polar surface area (TPSA) is 41.6 Å². The molecule has 0 saturated carbocycles. The molecular weight excluding hydrogens is 240 g/mol. The van der Waals surface area contributed by atoms with Gasteiger partial charge in [0.25, 0.3) is 0 Å². The van der Waals surface area contributed by atoms with Crippen molar-refractivity contribution in [3.8, 4) is 0 Å². The summed E-state index contributed by atoms with van der Waals surface area (Å²) in [5, 5.41) is 3.36. The Hall–Kier alpha value is -0.610. The first kappa shape index (κ1) is 16.4. The molecule has 1 heterocycles. The molecule has 2 atom stereocenters. The Labute approximate surface area is 117 Å². The molecule has 1 aliphatic heterocycles. The van der Waals surface area contributed by atoms with E-state index in [1.54, 1.807) is 0 Å². The van der Waals surface area contributed by atoms with Gasteiger partial charge >= 0.3 is 0 Å². The van der Waals surface area contributed by atoms with Gasteiger partial charge in [-0.1, -0.05) is 34.6 Å². The van der Waals surface area contributed by atoms with Crippen LogP contribution in [-0.4, -0.2) is 49.7 Å². The molecule has 19 heavy (non-hydrogen) atoms. The van der Waals surface area contributed by atoms with Gasteiger partial charge in [0.1, 0.15) is 0 Å². The highest BCUT2D eigenvalue weighted by molar-refractivity contribution is 5.80. The lowest BCUT2D eigenvalue weighted by atomic mass is 10.00. The summed E-state index contributed by atoms with van der Waals surface area (Å²) in [6, 6.07) is 0.180. The van der Waals surface area contributed by atoms with Crippen LogP contribution in [0.5, 0.6) is 0 Å². The third-order valence-corrected chi connectivity index (χ3v) is 3.35. The number of carbonyl (C=O) groups is 1. The van der Waals surface area contributed by atoms with Crippen molar-refractivity contribution in [1.82, 2.24) is 10.2 Å². The van der Waals surface area contributed by atoms with Gasteiger partial charge < -0.3 is 15.0 Å². The third-order valence-electron chi connectivity index (χ3n) is 3.35. The third kappa shape index (κ3) is 5.11. The number of ether oxygens (including phenoxy) is 1. The molecule has 0 aromatic rings. The standard InChI is InChI=1S/C15H30N2O2/c1-6-16-14-10-19-9-13(14)15(18)17(7-11(2)3)8-12(4)5/h11-14,16H,6-10H2,1-5H3.